The average molecular weight is 258 g/mol. The Kier molecular flexibility index (Phi) is 4.03. The number of hydrogen-bond acceptors (Lipinski definition) is 4. The highest BCUT2D eigenvalue weighted by atomic mass is 16.5. The summed E-state index contributed by atoms with van der Waals surface area (Å²) < 4.78 is 10.7. The molecule has 0 atom stereocenters. The molecule has 0 bridgehead atoms. The van der Waals surface area contributed by atoms with E-state index in [4.69, 9.17) is 9.47 Å². The Bertz CT molecular complexity index is 564. The zero-order valence-corrected chi connectivity index (χ0v) is 10.5. The van der Waals surface area contributed by atoms with Crippen LogP contribution >= 0.6 is 0 Å². The smallest absolute Gasteiger partial charge is 0.172 e. The van der Waals surface area contributed by atoms with Crippen LogP contribution < -0.4 is 9.47 Å². The molecule has 0 aliphatic heterocycles. The molecule has 0 amide bonds. The zero-order valence-electron chi connectivity index (χ0n) is 10.5. The van der Waals surface area contributed by atoms with Gasteiger partial charge in [0.05, 0.1) is 12.7 Å². The lowest BCUT2D eigenvalue weighted by molar-refractivity contribution is 0.111. The summed E-state index contributed by atoms with van der Waals surface area (Å²) in [5.74, 6) is 0.628. The summed E-state index contributed by atoms with van der Waals surface area (Å²) in [5.41, 5.74) is 1.24. The van der Waals surface area contributed by atoms with Crippen molar-refractivity contribution in [3.63, 3.8) is 0 Å². The first-order valence-corrected chi connectivity index (χ1v) is 5.77. The van der Waals surface area contributed by atoms with Gasteiger partial charge in [-0.2, -0.15) is 0 Å². The van der Waals surface area contributed by atoms with Crippen LogP contribution in [-0.2, 0) is 6.61 Å². The van der Waals surface area contributed by atoms with E-state index in [-0.39, 0.29) is 11.3 Å². The van der Waals surface area contributed by atoms with E-state index in [0.29, 0.717) is 24.4 Å². The molecule has 4 nitrogen and oxygen atoms in total. The molecule has 0 aliphatic carbocycles. The number of carbonyl (C=O) groups excluding carboxylic acids is 1. The van der Waals surface area contributed by atoms with E-state index in [1.54, 1.807) is 0 Å². The minimum atomic E-state index is -0.0361. The second-order valence-electron chi connectivity index (χ2n) is 3.96. The van der Waals surface area contributed by atoms with Crippen LogP contribution in [0, 0.1) is 0 Å². The maximum Gasteiger partial charge on any atom is 0.172 e. The van der Waals surface area contributed by atoms with Crippen molar-refractivity contribution >= 4 is 6.29 Å². The fraction of sp³-hybridized carbons (Fsp3) is 0.133. The van der Waals surface area contributed by atoms with Crippen LogP contribution in [0.1, 0.15) is 15.9 Å². The van der Waals surface area contributed by atoms with Gasteiger partial charge in [-0.15, -0.1) is 0 Å². The lowest BCUT2D eigenvalue weighted by atomic mass is 10.2. The van der Waals surface area contributed by atoms with Crippen LogP contribution in [0.3, 0.4) is 0 Å². The van der Waals surface area contributed by atoms with Gasteiger partial charge in [0.25, 0.3) is 0 Å². The molecule has 0 heterocycles. The molecule has 0 unspecified atom stereocenters. The van der Waals surface area contributed by atoms with Gasteiger partial charge in [-0.25, -0.2) is 0 Å². The first-order valence-electron chi connectivity index (χ1n) is 5.77. The van der Waals surface area contributed by atoms with Crippen molar-refractivity contribution in [2.24, 2.45) is 0 Å². The summed E-state index contributed by atoms with van der Waals surface area (Å²) in [6.07, 6.45) is 0.628. The van der Waals surface area contributed by atoms with E-state index in [0.717, 1.165) is 5.56 Å². The molecule has 2 aromatic rings. The predicted octanol–water partition coefficient (Wildman–Crippen LogP) is 2.79. The third kappa shape index (κ3) is 3.04. The van der Waals surface area contributed by atoms with Gasteiger partial charge < -0.3 is 14.6 Å². The molecular formula is C15H14O4. The first kappa shape index (κ1) is 13.0. The van der Waals surface area contributed by atoms with Crippen LogP contribution in [0.25, 0.3) is 0 Å². The number of phenolic OH excluding ortho intramolecular Hbond substituents is 1. The van der Waals surface area contributed by atoms with Gasteiger partial charge >= 0.3 is 0 Å². The highest BCUT2D eigenvalue weighted by Gasteiger charge is 2.12. The molecule has 0 aliphatic rings. The van der Waals surface area contributed by atoms with Crippen molar-refractivity contribution in [3.8, 4) is 17.2 Å². The van der Waals surface area contributed by atoms with Crippen LogP contribution in [0.5, 0.6) is 17.2 Å². The average Bonchev–Trinajstić information content (AvgIpc) is 2.46. The normalized spacial score (nSPS) is 9.95. The molecule has 2 rings (SSSR count). The molecule has 0 fully saturated rings. The number of carbonyl (C=O) groups is 1. The third-order valence-corrected chi connectivity index (χ3v) is 2.64. The summed E-state index contributed by atoms with van der Waals surface area (Å²) >= 11 is 0. The Balaban J connectivity index is 2.26. The summed E-state index contributed by atoms with van der Waals surface area (Å²) in [6, 6.07) is 12.3. The third-order valence-electron chi connectivity index (χ3n) is 2.64. The van der Waals surface area contributed by atoms with E-state index in [1.807, 2.05) is 30.3 Å². The van der Waals surface area contributed by atoms with Gasteiger partial charge in [0, 0.05) is 6.07 Å². The second-order valence-corrected chi connectivity index (χ2v) is 3.96. The summed E-state index contributed by atoms with van der Waals surface area (Å²) in [5, 5.41) is 9.47. The van der Waals surface area contributed by atoms with Gasteiger partial charge in [-0.05, 0) is 11.6 Å². The van der Waals surface area contributed by atoms with Crippen LogP contribution in [0.15, 0.2) is 42.5 Å². The van der Waals surface area contributed by atoms with Gasteiger partial charge in [0.1, 0.15) is 12.4 Å². The SMILES string of the molecule is COc1cc(O)cc(C=O)c1OCc1ccccc1. The molecule has 0 radical (unpaired) electrons. The van der Waals surface area contributed by atoms with E-state index in [9.17, 15) is 9.90 Å². The number of hydrogen-bond donors (Lipinski definition) is 1. The zero-order chi connectivity index (χ0) is 13.7. The Labute approximate surface area is 111 Å². The molecule has 4 heteroatoms. The molecular weight excluding hydrogens is 244 g/mol. The number of aromatic hydroxyl groups is 1. The van der Waals surface area contributed by atoms with Crippen molar-refractivity contribution in [2.75, 3.05) is 7.11 Å². The van der Waals surface area contributed by atoms with Gasteiger partial charge in [0.15, 0.2) is 17.8 Å². The van der Waals surface area contributed by atoms with E-state index in [2.05, 4.69) is 0 Å². The standard InChI is InChI=1S/C15H14O4/c1-18-14-8-13(17)7-12(9-16)15(14)19-10-11-5-3-2-4-6-11/h2-9,17H,10H2,1H3. The van der Waals surface area contributed by atoms with Gasteiger partial charge in [0.2, 0.25) is 0 Å². The molecule has 0 spiro atoms. The maximum atomic E-state index is 11.0. The number of methoxy groups -OCH3 is 1. The second kappa shape index (κ2) is 5.91. The van der Waals surface area contributed by atoms with Crippen molar-refractivity contribution in [1.82, 2.24) is 0 Å². The van der Waals surface area contributed by atoms with E-state index >= 15 is 0 Å². The van der Waals surface area contributed by atoms with Crippen molar-refractivity contribution in [1.29, 1.82) is 0 Å². The van der Waals surface area contributed by atoms with Crippen molar-refractivity contribution in [3.05, 3.63) is 53.6 Å². The number of ether oxygens (including phenoxy) is 2. The highest BCUT2D eigenvalue weighted by molar-refractivity contribution is 5.82. The summed E-state index contributed by atoms with van der Waals surface area (Å²) in [4.78, 5) is 11.0. The number of benzene rings is 2. The monoisotopic (exact) mass is 258 g/mol. The van der Waals surface area contributed by atoms with E-state index in [1.165, 1.54) is 19.2 Å². The molecule has 0 aromatic heterocycles. The Morgan fingerprint density at radius 1 is 1.21 bits per heavy atom. The molecule has 98 valence electrons. The molecule has 0 saturated heterocycles. The lowest BCUT2D eigenvalue weighted by Crippen LogP contribution is -2.00. The predicted molar refractivity (Wildman–Crippen MR) is 70.8 cm³/mol. The van der Waals surface area contributed by atoms with Crippen LogP contribution in [0.2, 0.25) is 0 Å². The summed E-state index contributed by atoms with van der Waals surface area (Å²) in [6.45, 7) is 0.322. The topological polar surface area (TPSA) is 55.8 Å². The van der Waals surface area contributed by atoms with Crippen molar-refractivity contribution in [2.45, 2.75) is 6.61 Å². The largest absolute Gasteiger partial charge is 0.508 e. The fourth-order valence-electron chi connectivity index (χ4n) is 1.73. The van der Waals surface area contributed by atoms with Crippen LogP contribution in [-0.4, -0.2) is 18.5 Å². The quantitative estimate of drug-likeness (QED) is 0.838. The minimum Gasteiger partial charge on any atom is -0.508 e. The van der Waals surface area contributed by atoms with Gasteiger partial charge in [-0.3, -0.25) is 4.79 Å². The number of rotatable bonds is 5. The Morgan fingerprint density at radius 2 is 1.95 bits per heavy atom. The molecule has 0 saturated carbocycles. The molecule has 19 heavy (non-hydrogen) atoms. The summed E-state index contributed by atoms with van der Waals surface area (Å²) in [7, 11) is 1.46. The minimum absolute atomic E-state index is 0.0361. The number of phenols is 1. The maximum absolute atomic E-state index is 11.0. The van der Waals surface area contributed by atoms with Crippen molar-refractivity contribution < 1.29 is 19.4 Å². The lowest BCUT2D eigenvalue weighted by Gasteiger charge is -2.13. The number of aldehydes is 1. The Morgan fingerprint density at radius 3 is 2.58 bits per heavy atom. The Hall–Kier alpha value is -2.49. The van der Waals surface area contributed by atoms with E-state index < -0.39 is 0 Å². The first-order chi connectivity index (χ1) is 9.24. The highest BCUT2D eigenvalue weighted by Crippen LogP contribution is 2.34. The van der Waals surface area contributed by atoms with Gasteiger partial charge in [-0.1, -0.05) is 30.3 Å². The molecule has 2 aromatic carbocycles. The van der Waals surface area contributed by atoms with Crippen LogP contribution in [0.4, 0.5) is 0 Å². The molecule has 1 N–H and O–H groups in total. The fourth-order valence-corrected chi connectivity index (χ4v) is 1.73.